The van der Waals surface area contributed by atoms with E-state index in [9.17, 15) is 9.36 Å². The van der Waals surface area contributed by atoms with Gasteiger partial charge in [-0.05, 0) is 12.0 Å². The molecule has 0 heterocycles. The number of hydrogen-bond donors (Lipinski definition) is 4. The third-order valence-electron chi connectivity index (χ3n) is 1.36. The van der Waals surface area contributed by atoms with Crippen molar-refractivity contribution in [2.24, 2.45) is 10.8 Å². The van der Waals surface area contributed by atoms with Crippen molar-refractivity contribution in [3.63, 3.8) is 0 Å². The summed E-state index contributed by atoms with van der Waals surface area (Å²) < 4.78 is 10.7. The molecular weight excluding hydrogens is 215 g/mol. The number of rotatable bonds is 5. The predicted molar refractivity (Wildman–Crippen MR) is 45.2 cm³/mol. The molecule has 0 spiro atoms. The fraction of sp³-hybridized carbons (Fsp3) is 0.750. The fourth-order valence-corrected chi connectivity index (χ4v) is 1.32. The first kappa shape index (κ1) is 12.9. The van der Waals surface area contributed by atoms with Crippen molar-refractivity contribution in [1.82, 2.24) is 0 Å². The minimum atomic E-state index is -4.65. The molecule has 0 unspecified atom stereocenters. The maximum Gasteiger partial charge on any atom is 0.334 e. The number of nitrogens with zero attached hydrogens (tertiary/aromatic N) is 3. The highest BCUT2D eigenvalue weighted by Gasteiger charge is 2.31. The Hall–Kier alpha value is -1.11. The van der Waals surface area contributed by atoms with Crippen molar-refractivity contribution in [3.05, 3.63) is 10.4 Å². The van der Waals surface area contributed by atoms with E-state index in [1.165, 1.54) is 0 Å². The van der Waals surface area contributed by atoms with Crippen LogP contribution in [-0.2, 0) is 9.36 Å². The van der Waals surface area contributed by atoms with Gasteiger partial charge in [0.2, 0.25) is 0 Å². The third kappa shape index (κ3) is 4.22. The first-order valence-electron chi connectivity index (χ1n) is 3.37. The Balaban J connectivity index is 4.63. The SMILES string of the molecule is [N-]=[N+]=N[C@H](C[C@H](N)C(=O)O)P(=O)(O)O. The van der Waals surface area contributed by atoms with Crippen molar-refractivity contribution in [1.29, 1.82) is 0 Å². The molecule has 9 nitrogen and oxygen atoms in total. The largest absolute Gasteiger partial charge is 0.480 e. The van der Waals surface area contributed by atoms with Gasteiger partial charge in [0.1, 0.15) is 11.8 Å². The normalized spacial score (nSPS) is 15.4. The quantitative estimate of drug-likeness (QED) is 0.214. The molecular formula is C4H9N4O5P. The van der Waals surface area contributed by atoms with Gasteiger partial charge in [-0.15, -0.1) is 0 Å². The van der Waals surface area contributed by atoms with Crippen LogP contribution in [0, 0.1) is 0 Å². The summed E-state index contributed by atoms with van der Waals surface area (Å²) in [5, 5.41) is 11.1. The van der Waals surface area contributed by atoms with Gasteiger partial charge in [-0.1, -0.05) is 5.11 Å². The third-order valence-corrected chi connectivity index (χ3v) is 2.45. The maximum absolute atomic E-state index is 10.7. The van der Waals surface area contributed by atoms with Crippen LogP contribution in [0.2, 0.25) is 0 Å². The van der Waals surface area contributed by atoms with Crippen LogP contribution in [0.1, 0.15) is 6.42 Å². The smallest absolute Gasteiger partial charge is 0.334 e. The standard InChI is InChI=1S/C4H9N4O5P/c5-2(4(9)10)1-3(7-8-6)14(11,12)13/h2-3H,1,5H2,(H,9,10)(H2,11,12,13)/t2-,3-/m0/s1. The zero-order valence-corrected chi connectivity index (χ0v) is 7.78. The van der Waals surface area contributed by atoms with E-state index in [0.29, 0.717) is 0 Å². The number of carboxylic acid groups (broad SMARTS) is 1. The summed E-state index contributed by atoms with van der Waals surface area (Å²) in [6, 6.07) is -1.47. The van der Waals surface area contributed by atoms with Crippen molar-refractivity contribution < 1.29 is 24.3 Å². The molecule has 0 aliphatic heterocycles. The van der Waals surface area contributed by atoms with E-state index in [0.717, 1.165) is 0 Å². The van der Waals surface area contributed by atoms with Crippen molar-refractivity contribution in [3.8, 4) is 0 Å². The van der Waals surface area contributed by atoms with E-state index in [-0.39, 0.29) is 0 Å². The molecule has 10 heteroatoms. The highest BCUT2D eigenvalue weighted by Crippen LogP contribution is 2.44. The molecule has 2 atom stereocenters. The second-order valence-corrected chi connectivity index (χ2v) is 4.23. The van der Waals surface area contributed by atoms with Gasteiger partial charge >= 0.3 is 13.6 Å². The molecule has 14 heavy (non-hydrogen) atoms. The topological polar surface area (TPSA) is 170 Å². The molecule has 0 aliphatic rings. The van der Waals surface area contributed by atoms with Gasteiger partial charge in [0.25, 0.3) is 0 Å². The van der Waals surface area contributed by atoms with E-state index >= 15 is 0 Å². The van der Waals surface area contributed by atoms with Crippen LogP contribution in [0.5, 0.6) is 0 Å². The Bertz CT molecular complexity index is 307. The van der Waals surface area contributed by atoms with Crippen LogP contribution in [-0.4, -0.2) is 32.7 Å². The molecule has 0 rings (SSSR count). The fourth-order valence-electron chi connectivity index (χ4n) is 0.639. The summed E-state index contributed by atoms with van der Waals surface area (Å²) in [7, 11) is -4.65. The summed E-state index contributed by atoms with van der Waals surface area (Å²) in [4.78, 5) is 29.7. The molecule has 0 aromatic carbocycles. The molecule has 80 valence electrons. The van der Waals surface area contributed by atoms with Crippen LogP contribution < -0.4 is 5.73 Å². The molecule has 0 bridgehead atoms. The molecule has 0 aromatic rings. The van der Waals surface area contributed by atoms with Crippen LogP contribution in [0.3, 0.4) is 0 Å². The lowest BCUT2D eigenvalue weighted by Crippen LogP contribution is -2.33. The van der Waals surface area contributed by atoms with E-state index in [2.05, 4.69) is 10.0 Å². The van der Waals surface area contributed by atoms with Gasteiger partial charge in [-0.3, -0.25) is 9.36 Å². The van der Waals surface area contributed by atoms with Gasteiger partial charge < -0.3 is 20.6 Å². The Kier molecular flexibility index (Phi) is 4.55. The van der Waals surface area contributed by atoms with E-state index in [1.807, 2.05) is 0 Å². The van der Waals surface area contributed by atoms with E-state index in [4.69, 9.17) is 26.2 Å². The molecule has 0 radical (unpaired) electrons. The summed E-state index contributed by atoms with van der Waals surface area (Å²) in [5.41, 5.74) is 13.0. The van der Waals surface area contributed by atoms with Crippen LogP contribution in [0.25, 0.3) is 10.4 Å². The lowest BCUT2D eigenvalue weighted by Gasteiger charge is -2.14. The van der Waals surface area contributed by atoms with Gasteiger partial charge in [-0.25, -0.2) is 0 Å². The zero-order valence-electron chi connectivity index (χ0n) is 6.89. The van der Waals surface area contributed by atoms with E-state index < -0.39 is 31.8 Å². The second kappa shape index (κ2) is 4.94. The Morgan fingerprint density at radius 2 is 2.14 bits per heavy atom. The number of nitrogens with two attached hydrogens (primary N) is 1. The summed E-state index contributed by atoms with van der Waals surface area (Å²) in [6.45, 7) is 0. The second-order valence-electron chi connectivity index (χ2n) is 2.46. The monoisotopic (exact) mass is 224 g/mol. The van der Waals surface area contributed by atoms with E-state index in [1.54, 1.807) is 0 Å². The summed E-state index contributed by atoms with van der Waals surface area (Å²) in [5.74, 6) is -3.16. The lowest BCUT2D eigenvalue weighted by molar-refractivity contribution is -0.138. The van der Waals surface area contributed by atoms with Gasteiger partial charge in [0.15, 0.2) is 0 Å². The molecule has 0 amide bonds. The van der Waals surface area contributed by atoms with Crippen molar-refractivity contribution >= 4 is 13.6 Å². The Labute approximate surface area is 78.3 Å². The Morgan fingerprint density at radius 3 is 2.43 bits per heavy atom. The molecule has 0 saturated heterocycles. The number of carbonyl (C=O) groups is 1. The number of hydrogen-bond acceptors (Lipinski definition) is 4. The number of aliphatic carboxylic acids is 1. The average Bonchev–Trinajstić information content (AvgIpc) is 2.01. The minimum Gasteiger partial charge on any atom is -0.480 e. The number of azide groups is 1. The maximum atomic E-state index is 10.7. The van der Waals surface area contributed by atoms with Gasteiger partial charge in [-0.2, -0.15) is 0 Å². The van der Waals surface area contributed by atoms with Crippen LogP contribution >= 0.6 is 7.60 Å². The van der Waals surface area contributed by atoms with Crippen LogP contribution in [0.4, 0.5) is 0 Å². The lowest BCUT2D eigenvalue weighted by atomic mass is 10.2. The molecule has 5 N–H and O–H groups in total. The minimum absolute atomic E-state index is 0.607. The first-order valence-corrected chi connectivity index (χ1v) is 5.05. The molecule has 0 fully saturated rings. The first-order chi connectivity index (χ1) is 6.29. The summed E-state index contributed by atoms with van der Waals surface area (Å²) in [6.07, 6.45) is -0.607. The molecule has 0 aliphatic carbocycles. The molecule has 0 aromatic heterocycles. The van der Waals surface area contributed by atoms with Crippen molar-refractivity contribution in [2.45, 2.75) is 18.2 Å². The van der Waals surface area contributed by atoms with Crippen molar-refractivity contribution in [2.75, 3.05) is 0 Å². The van der Waals surface area contributed by atoms with Gasteiger partial charge in [0.05, 0.1) is 0 Å². The Morgan fingerprint density at radius 1 is 1.64 bits per heavy atom. The van der Waals surface area contributed by atoms with Gasteiger partial charge in [0, 0.05) is 4.91 Å². The highest BCUT2D eigenvalue weighted by molar-refractivity contribution is 7.52. The predicted octanol–water partition coefficient (Wildman–Crippen LogP) is -0.398. The summed E-state index contributed by atoms with van der Waals surface area (Å²) >= 11 is 0. The zero-order chi connectivity index (χ0) is 11.4. The highest BCUT2D eigenvalue weighted by atomic mass is 31.2. The van der Waals surface area contributed by atoms with Crippen LogP contribution in [0.15, 0.2) is 5.11 Å². The average molecular weight is 224 g/mol. The number of carboxylic acids is 1. The molecule has 0 saturated carbocycles.